The van der Waals surface area contributed by atoms with Crippen molar-refractivity contribution in [3.05, 3.63) is 47.2 Å². The second-order valence-electron chi connectivity index (χ2n) is 6.12. The summed E-state index contributed by atoms with van der Waals surface area (Å²) >= 11 is 0. The van der Waals surface area contributed by atoms with Gasteiger partial charge in [-0.3, -0.25) is 4.79 Å². The fourth-order valence-electron chi connectivity index (χ4n) is 2.70. The number of carbonyl (C=O) groups is 3. The number of benzene rings is 1. The molecule has 2 rings (SSSR count). The van der Waals surface area contributed by atoms with Gasteiger partial charge in [-0.15, -0.1) is 0 Å². The van der Waals surface area contributed by atoms with Gasteiger partial charge in [-0.2, -0.15) is 0 Å². The van der Waals surface area contributed by atoms with Crippen molar-refractivity contribution in [2.45, 2.75) is 32.9 Å². The Morgan fingerprint density at radius 2 is 2.00 bits per heavy atom. The lowest BCUT2D eigenvalue weighted by Gasteiger charge is -2.27. The molecule has 7 nitrogen and oxygen atoms in total. The lowest BCUT2D eigenvalue weighted by molar-refractivity contribution is -0.130. The van der Waals surface area contributed by atoms with Crippen molar-refractivity contribution in [2.24, 2.45) is 0 Å². The van der Waals surface area contributed by atoms with E-state index >= 15 is 0 Å². The number of rotatable bonds is 5. The van der Waals surface area contributed by atoms with Gasteiger partial charge in [0.2, 0.25) is 0 Å². The number of amides is 3. The first-order valence-corrected chi connectivity index (χ1v) is 7.78. The fourth-order valence-corrected chi connectivity index (χ4v) is 2.70. The summed E-state index contributed by atoms with van der Waals surface area (Å²) in [5, 5.41) is 7.41. The molecular weight excluding hydrogens is 322 g/mol. The van der Waals surface area contributed by atoms with E-state index < -0.39 is 23.4 Å². The molecule has 0 unspecified atom stereocenters. The first-order valence-electron chi connectivity index (χ1n) is 7.78. The molecule has 132 valence electrons. The number of nitrogens with one attached hydrogen (secondary N) is 1. The number of hydrogen-bond donors (Lipinski definition) is 1. The molecule has 1 saturated heterocycles. The maximum atomic E-state index is 12.8. The standard InChI is InChI=1S/C18H21N3O4/c1-5-14(10-19)21-16(23)18(2,3)20(17(21)24)11-12-7-6-8-13(9-12)15(22)25-4/h5-10,19H,11H2,1-4H3. The molecule has 7 heteroatoms. The second kappa shape index (κ2) is 6.88. The molecule has 0 bridgehead atoms. The van der Waals surface area contributed by atoms with Gasteiger partial charge in [0.1, 0.15) is 5.54 Å². The summed E-state index contributed by atoms with van der Waals surface area (Å²) in [4.78, 5) is 39.5. The molecule has 1 fully saturated rings. The maximum absolute atomic E-state index is 12.8. The van der Waals surface area contributed by atoms with Gasteiger partial charge in [-0.05, 0) is 38.5 Å². The monoisotopic (exact) mass is 343 g/mol. The highest BCUT2D eigenvalue weighted by Gasteiger charge is 2.51. The van der Waals surface area contributed by atoms with Crippen molar-refractivity contribution in [2.75, 3.05) is 7.11 Å². The Morgan fingerprint density at radius 1 is 1.32 bits per heavy atom. The molecule has 0 spiro atoms. The summed E-state index contributed by atoms with van der Waals surface area (Å²) in [6.45, 7) is 5.15. The van der Waals surface area contributed by atoms with Gasteiger partial charge in [0, 0.05) is 12.8 Å². The van der Waals surface area contributed by atoms with E-state index in [1.807, 2.05) is 0 Å². The predicted octanol–water partition coefficient (Wildman–Crippen LogP) is 2.57. The van der Waals surface area contributed by atoms with Crippen molar-refractivity contribution >= 4 is 24.1 Å². The van der Waals surface area contributed by atoms with E-state index in [2.05, 4.69) is 0 Å². The zero-order valence-electron chi connectivity index (χ0n) is 14.7. The van der Waals surface area contributed by atoms with Crippen LogP contribution in [0.5, 0.6) is 0 Å². The van der Waals surface area contributed by atoms with Crippen LogP contribution in [-0.4, -0.2) is 46.6 Å². The van der Waals surface area contributed by atoms with Crippen LogP contribution in [0.1, 0.15) is 36.7 Å². The number of imide groups is 1. The lowest BCUT2D eigenvalue weighted by atomic mass is 10.0. The summed E-state index contributed by atoms with van der Waals surface area (Å²) in [7, 11) is 1.30. The van der Waals surface area contributed by atoms with Crippen molar-refractivity contribution < 1.29 is 19.1 Å². The van der Waals surface area contributed by atoms with Crippen LogP contribution in [0.3, 0.4) is 0 Å². The lowest BCUT2D eigenvalue weighted by Crippen LogP contribution is -2.43. The molecule has 1 aromatic carbocycles. The maximum Gasteiger partial charge on any atom is 0.337 e. The van der Waals surface area contributed by atoms with Crippen molar-refractivity contribution in [3.8, 4) is 0 Å². The fraction of sp³-hybridized carbons (Fsp3) is 0.333. The average Bonchev–Trinajstić information content (AvgIpc) is 2.77. The normalized spacial score (nSPS) is 17.0. The third-order valence-corrected chi connectivity index (χ3v) is 4.21. The van der Waals surface area contributed by atoms with Gasteiger partial charge in [0.25, 0.3) is 5.91 Å². The summed E-state index contributed by atoms with van der Waals surface area (Å²) in [6.07, 6.45) is 2.52. The number of carbonyl (C=O) groups excluding carboxylic acids is 3. The van der Waals surface area contributed by atoms with Crippen LogP contribution >= 0.6 is 0 Å². The van der Waals surface area contributed by atoms with Gasteiger partial charge in [0.15, 0.2) is 0 Å². The molecule has 1 aliphatic heterocycles. The average molecular weight is 343 g/mol. The number of urea groups is 1. The summed E-state index contributed by atoms with van der Waals surface area (Å²) in [5.41, 5.74) is 0.251. The van der Waals surface area contributed by atoms with Crippen LogP contribution in [0.2, 0.25) is 0 Å². The molecule has 0 aromatic heterocycles. The van der Waals surface area contributed by atoms with E-state index in [1.54, 1.807) is 51.1 Å². The zero-order chi connectivity index (χ0) is 18.8. The summed E-state index contributed by atoms with van der Waals surface area (Å²) in [5.74, 6) is -0.857. The first kappa shape index (κ1) is 18.4. The van der Waals surface area contributed by atoms with Crippen LogP contribution in [0.4, 0.5) is 4.79 Å². The van der Waals surface area contributed by atoms with Crippen molar-refractivity contribution in [3.63, 3.8) is 0 Å². The largest absolute Gasteiger partial charge is 0.465 e. The first-order chi connectivity index (χ1) is 11.8. The van der Waals surface area contributed by atoms with Gasteiger partial charge < -0.3 is 15.0 Å². The Morgan fingerprint density at radius 3 is 2.56 bits per heavy atom. The number of hydrogen-bond acceptors (Lipinski definition) is 5. The quantitative estimate of drug-likeness (QED) is 0.505. The van der Waals surface area contributed by atoms with Crippen LogP contribution in [0, 0.1) is 5.41 Å². The van der Waals surface area contributed by atoms with Crippen molar-refractivity contribution in [1.29, 1.82) is 5.41 Å². The SMILES string of the molecule is CC=C(C=N)N1C(=O)N(Cc2cccc(C(=O)OC)c2)C(C)(C)C1=O. The van der Waals surface area contributed by atoms with Gasteiger partial charge in [-0.25, -0.2) is 14.5 Å². The van der Waals surface area contributed by atoms with E-state index in [-0.39, 0.29) is 12.2 Å². The Hall–Kier alpha value is -2.96. The molecule has 25 heavy (non-hydrogen) atoms. The number of allylic oxidation sites excluding steroid dienone is 2. The summed E-state index contributed by atoms with van der Waals surface area (Å²) in [6, 6.07) is 6.24. The second-order valence-corrected chi connectivity index (χ2v) is 6.12. The van der Waals surface area contributed by atoms with E-state index in [9.17, 15) is 14.4 Å². The minimum Gasteiger partial charge on any atom is -0.465 e. The molecule has 0 atom stereocenters. The van der Waals surface area contributed by atoms with Gasteiger partial charge in [-0.1, -0.05) is 18.2 Å². The smallest absolute Gasteiger partial charge is 0.337 e. The minimum atomic E-state index is -1.06. The minimum absolute atomic E-state index is 0.161. The Kier molecular flexibility index (Phi) is 5.06. The van der Waals surface area contributed by atoms with E-state index in [0.717, 1.165) is 11.1 Å². The molecule has 1 heterocycles. The molecule has 1 aliphatic rings. The number of esters is 1. The van der Waals surface area contributed by atoms with E-state index in [1.165, 1.54) is 12.0 Å². The van der Waals surface area contributed by atoms with Crippen LogP contribution in [0.25, 0.3) is 0 Å². The molecule has 0 saturated carbocycles. The Bertz CT molecular complexity index is 767. The highest BCUT2D eigenvalue weighted by atomic mass is 16.5. The van der Waals surface area contributed by atoms with Gasteiger partial charge in [0.05, 0.1) is 18.4 Å². The third-order valence-electron chi connectivity index (χ3n) is 4.21. The predicted molar refractivity (Wildman–Crippen MR) is 92.2 cm³/mol. The van der Waals surface area contributed by atoms with Crippen molar-refractivity contribution in [1.82, 2.24) is 9.80 Å². The highest BCUT2D eigenvalue weighted by Crippen LogP contribution is 2.31. The number of methoxy groups -OCH3 is 1. The van der Waals surface area contributed by atoms with Crippen LogP contribution in [-0.2, 0) is 16.1 Å². The molecular formula is C18H21N3O4. The molecule has 0 radical (unpaired) electrons. The van der Waals surface area contributed by atoms with Crippen LogP contribution in [0.15, 0.2) is 36.0 Å². The topological polar surface area (TPSA) is 90.8 Å². The van der Waals surface area contributed by atoms with Crippen LogP contribution < -0.4 is 0 Å². The molecule has 1 N–H and O–H groups in total. The Balaban J connectivity index is 2.36. The van der Waals surface area contributed by atoms with Gasteiger partial charge >= 0.3 is 12.0 Å². The molecule has 0 aliphatic carbocycles. The zero-order valence-corrected chi connectivity index (χ0v) is 14.7. The Labute approximate surface area is 146 Å². The molecule has 3 amide bonds. The summed E-state index contributed by atoms with van der Waals surface area (Å²) < 4.78 is 4.70. The molecule has 1 aromatic rings. The number of nitrogens with zero attached hydrogens (tertiary/aromatic N) is 2. The third kappa shape index (κ3) is 3.17. The number of ether oxygens (including phenoxy) is 1. The highest BCUT2D eigenvalue weighted by molar-refractivity contribution is 6.10. The van der Waals surface area contributed by atoms with E-state index in [4.69, 9.17) is 10.1 Å². The van der Waals surface area contributed by atoms with E-state index in [0.29, 0.717) is 11.1 Å².